The van der Waals surface area contributed by atoms with Crippen LogP contribution >= 0.6 is 0 Å². The van der Waals surface area contributed by atoms with Crippen molar-refractivity contribution in [1.29, 1.82) is 0 Å². The van der Waals surface area contributed by atoms with E-state index in [2.05, 4.69) is 0 Å². The average molecular weight is 279 g/mol. The van der Waals surface area contributed by atoms with E-state index in [1.807, 2.05) is 0 Å². The first-order chi connectivity index (χ1) is 8.81. The molecule has 1 nitrogen and oxygen atoms in total. The highest BCUT2D eigenvalue weighted by Crippen LogP contribution is 2.42. The predicted molar refractivity (Wildman–Crippen MR) is 62.4 cm³/mol. The van der Waals surface area contributed by atoms with Crippen LogP contribution in [0, 0.1) is 0 Å². The maximum atomic E-state index is 13.1. The summed E-state index contributed by atoms with van der Waals surface area (Å²) in [5.41, 5.74) is 0.697. The summed E-state index contributed by atoms with van der Waals surface area (Å²) in [6.45, 7) is 0.516. The van der Waals surface area contributed by atoms with Crippen LogP contribution in [0.4, 0.5) is 27.6 Å². The van der Waals surface area contributed by atoms with Gasteiger partial charge in [-0.25, -0.2) is 0 Å². The summed E-state index contributed by atoms with van der Waals surface area (Å²) in [5.74, 6) is -4.63. The number of halogens is 5. The summed E-state index contributed by atoms with van der Waals surface area (Å²) in [7, 11) is 0. The standard InChI is InChI=1S/C13H14F5N/c14-12(15,13(16,17)18)9-11-7-4-8-19(11)10-5-2-1-3-6-10/h1-3,5-6,11H,4,7-9H2/t11-/m0/s1. The van der Waals surface area contributed by atoms with Gasteiger partial charge in [0, 0.05) is 24.7 Å². The van der Waals surface area contributed by atoms with Crippen LogP contribution in [-0.2, 0) is 0 Å². The van der Waals surface area contributed by atoms with Gasteiger partial charge in [0.2, 0.25) is 0 Å². The van der Waals surface area contributed by atoms with Gasteiger partial charge >= 0.3 is 12.1 Å². The van der Waals surface area contributed by atoms with E-state index in [0.29, 0.717) is 25.1 Å². The number of anilines is 1. The molecule has 6 heteroatoms. The summed E-state index contributed by atoms with van der Waals surface area (Å²) >= 11 is 0. The molecule has 0 aliphatic carbocycles. The first kappa shape index (κ1) is 14.1. The second-order valence-electron chi connectivity index (χ2n) is 4.73. The summed E-state index contributed by atoms with van der Waals surface area (Å²) in [4.78, 5) is 1.64. The lowest BCUT2D eigenvalue weighted by atomic mass is 10.1. The van der Waals surface area contributed by atoms with Gasteiger partial charge in [-0.2, -0.15) is 22.0 Å². The quantitative estimate of drug-likeness (QED) is 0.748. The van der Waals surface area contributed by atoms with Crippen molar-refractivity contribution in [2.45, 2.75) is 37.4 Å². The molecule has 1 saturated heterocycles. The third kappa shape index (κ3) is 2.98. The minimum absolute atomic E-state index is 0.362. The Balaban J connectivity index is 2.12. The molecule has 0 bridgehead atoms. The largest absolute Gasteiger partial charge is 0.453 e. The van der Waals surface area contributed by atoms with Crippen LogP contribution < -0.4 is 4.90 Å². The van der Waals surface area contributed by atoms with Gasteiger partial charge in [-0.05, 0) is 25.0 Å². The third-order valence-electron chi connectivity index (χ3n) is 3.37. The van der Waals surface area contributed by atoms with Crippen molar-refractivity contribution in [2.24, 2.45) is 0 Å². The Morgan fingerprint density at radius 3 is 2.26 bits per heavy atom. The van der Waals surface area contributed by atoms with Gasteiger partial charge in [0.15, 0.2) is 0 Å². The second-order valence-corrected chi connectivity index (χ2v) is 4.73. The third-order valence-corrected chi connectivity index (χ3v) is 3.37. The normalized spacial score (nSPS) is 20.9. The minimum atomic E-state index is -5.47. The van der Waals surface area contributed by atoms with Crippen LogP contribution in [0.25, 0.3) is 0 Å². The molecule has 106 valence electrons. The molecule has 0 radical (unpaired) electrons. The molecule has 0 unspecified atom stereocenters. The van der Waals surface area contributed by atoms with Gasteiger partial charge in [0.25, 0.3) is 0 Å². The van der Waals surface area contributed by atoms with Crippen molar-refractivity contribution in [3.63, 3.8) is 0 Å². The van der Waals surface area contributed by atoms with Crippen molar-refractivity contribution in [1.82, 2.24) is 0 Å². The van der Waals surface area contributed by atoms with E-state index in [0.717, 1.165) is 0 Å². The number of para-hydroxylation sites is 1. The zero-order valence-electron chi connectivity index (χ0n) is 10.1. The molecule has 19 heavy (non-hydrogen) atoms. The van der Waals surface area contributed by atoms with Crippen molar-refractivity contribution in [2.75, 3.05) is 11.4 Å². The van der Waals surface area contributed by atoms with Gasteiger partial charge in [-0.3, -0.25) is 0 Å². The molecule has 0 spiro atoms. The molecule has 1 heterocycles. The van der Waals surface area contributed by atoms with Crippen molar-refractivity contribution >= 4 is 5.69 Å². The zero-order valence-corrected chi connectivity index (χ0v) is 10.1. The van der Waals surface area contributed by atoms with E-state index in [1.54, 1.807) is 35.2 Å². The Labute approximate surface area is 108 Å². The summed E-state index contributed by atoms with van der Waals surface area (Å²) in [6.07, 6.45) is -5.66. The highest BCUT2D eigenvalue weighted by Gasteiger charge is 2.58. The Morgan fingerprint density at radius 2 is 1.68 bits per heavy atom. The fourth-order valence-corrected chi connectivity index (χ4v) is 2.42. The SMILES string of the molecule is FC(F)(F)C(F)(F)C[C@@H]1CCCN1c1ccccc1. The van der Waals surface area contributed by atoms with Crippen LogP contribution in [0.3, 0.4) is 0 Å². The number of rotatable bonds is 3. The van der Waals surface area contributed by atoms with Crippen LogP contribution in [-0.4, -0.2) is 24.7 Å². The molecule has 1 fully saturated rings. The highest BCUT2D eigenvalue weighted by atomic mass is 19.4. The predicted octanol–water partition coefficient (Wildman–Crippen LogP) is 4.24. The zero-order chi connectivity index (χ0) is 14.1. The Hall–Kier alpha value is -1.33. The molecular weight excluding hydrogens is 265 g/mol. The molecule has 0 aromatic heterocycles. The van der Waals surface area contributed by atoms with Gasteiger partial charge in [0.1, 0.15) is 0 Å². The van der Waals surface area contributed by atoms with E-state index < -0.39 is 24.6 Å². The molecule has 1 aliphatic heterocycles. The molecular formula is C13H14F5N. The number of benzene rings is 1. The van der Waals surface area contributed by atoms with E-state index >= 15 is 0 Å². The van der Waals surface area contributed by atoms with Crippen LogP contribution in [0.15, 0.2) is 30.3 Å². The Bertz CT molecular complexity index is 415. The monoisotopic (exact) mass is 279 g/mol. The van der Waals surface area contributed by atoms with E-state index in [-0.39, 0.29) is 0 Å². The van der Waals surface area contributed by atoms with Gasteiger partial charge in [-0.1, -0.05) is 18.2 Å². The van der Waals surface area contributed by atoms with Gasteiger partial charge < -0.3 is 4.90 Å². The first-order valence-corrected chi connectivity index (χ1v) is 6.07. The molecule has 0 N–H and O–H groups in total. The first-order valence-electron chi connectivity index (χ1n) is 6.07. The minimum Gasteiger partial charge on any atom is -0.368 e. The average Bonchev–Trinajstić information content (AvgIpc) is 2.76. The van der Waals surface area contributed by atoms with Gasteiger partial charge in [0.05, 0.1) is 0 Å². The lowest BCUT2D eigenvalue weighted by molar-refractivity contribution is -0.285. The van der Waals surface area contributed by atoms with Crippen molar-refractivity contribution < 1.29 is 22.0 Å². The lowest BCUT2D eigenvalue weighted by Gasteiger charge is -2.30. The summed E-state index contributed by atoms with van der Waals surface area (Å²) < 4.78 is 63.0. The number of hydrogen-bond donors (Lipinski definition) is 0. The number of alkyl halides is 5. The van der Waals surface area contributed by atoms with Crippen LogP contribution in [0.1, 0.15) is 19.3 Å². The van der Waals surface area contributed by atoms with E-state index in [9.17, 15) is 22.0 Å². The fourth-order valence-electron chi connectivity index (χ4n) is 2.42. The van der Waals surface area contributed by atoms with Crippen LogP contribution in [0.5, 0.6) is 0 Å². The van der Waals surface area contributed by atoms with Crippen molar-refractivity contribution in [3.05, 3.63) is 30.3 Å². The molecule has 0 amide bonds. The molecule has 1 atom stereocenters. The number of hydrogen-bond acceptors (Lipinski definition) is 1. The van der Waals surface area contributed by atoms with Crippen molar-refractivity contribution in [3.8, 4) is 0 Å². The molecule has 1 aliphatic rings. The molecule has 2 rings (SSSR count). The molecule has 0 saturated carbocycles. The number of nitrogens with zero attached hydrogens (tertiary/aromatic N) is 1. The Kier molecular flexibility index (Phi) is 3.69. The fraction of sp³-hybridized carbons (Fsp3) is 0.538. The highest BCUT2D eigenvalue weighted by molar-refractivity contribution is 5.48. The van der Waals surface area contributed by atoms with E-state index in [4.69, 9.17) is 0 Å². The Morgan fingerprint density at radius 1 is 1.05 bits per heavy atom. The topological polar surface area (TPSA) is 3.24 Å². The maximum absolute atomic E-state index is 13.1. The second kappa shape index (κ2) is 4.98. The van der Waals surface area contributed by atoms with Crippen LogP contribution in [0.2, 0.25) is 0 Å². The smallest absolute Gasteiger partial charge is 0.368 e. The maximum Gasteiger partial charge on any atom is 0.453 e. The molecule has 1 aromatic carbocycles. The molecule has 1 aromatic rings. The lowest BCUT2D eigenvalue weighted by Crippen LogP contribution is -2.43. The summed E-state index contributed by atoms with van der Waals surface area (Å²) in [5, 5.41) is 0. The van der Waals surface area contributed by atoms with Gasteiger partial charge in [-0.15, -0.1) is 0 Å². The summed E-state index contributed by atoms with van der Waals surface area (Å²) in [6, 6.07) is 7.95. The van der Waals surface area contributed by atoms with E-state index in [1.165, 1.54) is 0 Å².